The smallest absolute Gasteiger partial charge is 0.0621 e. The first-order valence-electron chi connectivity index (χ1n) is 4.90. The van der Waals surface area contributed by atoms with Gasteiger partial charge in [-0.05, 0) is 26.2 Å². The van der Waals surface area contributed by atoms with Crippen LogP contribution in [0.25, 0.3) is 0 Å². The van der Waals surface area contributed by atoms with Gasteiger partial charge in [0.15, 0.2) is 0 Å². The van der Waals surface area contributed by atoms with Crippen molar-refractivity contribution in [3.05, 3.63) is 12.2 Å². The monoisotopic (exact) mass is 165 g/mol. The van der Waals surface area contributed by atoms with Crippen LogP contribution < -0.4 is 0 Å². The molecule has 0 fully saturated rings. The Morgan fingerprint density at radius 3 is 2.42 bits per heavy atom. The summed E-state index contributed by atoms with van der Waals surface area (Å²) < 4.78 is 0. The highest BCUT2D eigenvalue weighted by molar-refractivity contribution is 4.76. The minimum Gasteiger partial charge on any atom is -0.198 e. The Bertz CT molecular complexity index is 142. The van der Waals surface area contributed by atoms with Crippen LogP contribution in [0.2, 0.25) is 0 Å². The fraction of sp³-hybridized carbons (Fsp3) is 0.727. The summed E-state index contributed by atoms with van der Waals surface area (Å²) in [6.45, 7) is 2.06. The van der Waals surface area contributed by atoms with E-state index in [9.17, 15) is 0 Å². The van der Waals surface area contributed by atoms with E-state index in [1.165, 1.54) is 32.1 Å². The lowest BCUT2D eigenvalue weighted by Crippen LogP contribution is -1.77. The molecule has 0 aliphatic carbocycles. The molecule has 0 N–H and O–H groups in total. The molecule has 0 rings (SSSR count). The van der Waals surface area contributed by atoms with Gasteiger partial charge in [-0.1, -0.05) is 31.4 Å². The van der Waals surface area contributed by atoms with Crippen LogP contribution in [0, 0.1) is 11.3 Å². The second-order valence-electron chi connectivity index (χ2n) is 3.03. The van der Waals surface area contributed by atoms with E-state index in [0.717, 1.165) is 12.8 Å². The molecule has 0 unspecified atom stereocenters. The summed E-state index contributed by atoms with van der Waals surface area (Å²) in [6, 6.07) is 2.17. The Labute approximate surface area is 76.1 Å². The Balaban J connectivity index is 2.87. The number of allylic oxidation sites excluding steroid dienone is 2. The number of hydrogen-bond acceptors (Lipinski definition) is 1. The largest absolute Gasteiger partial charge is 0.198 e. The first kappa shape index (κ1) is 11.2. The summed E-state index contributed by atoms with van der Waals surface area (Å²) in [5.41, 5.74) is 0. The minimum absolute atomic E-state index is 0.731. The highest BCUT2D eigenvalue weighted by Crippen LogP contribution is 2.06. The number of hydrogen-bond donors (Lipinski definition) is 0. The van der Waals surface area contributed by atoms with Gasteiger partial charge in [-0.3, -0.25) is 0 Å². The number of nitrogens with zero attached hydrogens (tertiary/aromatic N) is 1. The summed E-state index contributed by atoms with van der Waals surface area (Å²) >= 11 is 0. The molecule has 0 aromatic rings. The predicted octanol–water partition coefficient (Wildman–Crippen LogP) is 3.82. The maximum atomic E-state index is 8.28. The summed E-state index contributed by atoms with van der Waals surface area (Å²) in [7, 11) is 0. The molecule has 0 aliphatic rings. The fourth-order valence-corrected chi connectivity index (χ4v) is 1.16. The van der Waals surface area contributed by atoms with Crippen molar-refractivity contribution in [2.24, 2.45) is 0 Å². The lowest BCUT2D eigenvalue weighted by molar-refractivity contribution is 0.624. The normalized spacial score (nSPS) is 10.3. The van der Waals surface area contributed by atoms with Gasteiger partial charge in [0.05, 0.1) is 6.07 Å². The molecule has 1 heteroatoms. The Hall–Kier alpha value is -0.770. The van der Waals surface area contributed by atoms with Gasteiger partial charge in [-0.15, -0.1) is 0 Å². The van der Waals surface area contributed by atoms with Crippen LogP contribution in [0.15, 0.2) is 12.2 Å². The molecule has 12 heavy (non-hydrogen) atoms. The van der Waals surface area contributed by atoms with Crippen LogP contribution in [0.3, 0.4) is 0 Å². The van der Waals surface area contributed by atoms with E-state index in [2.05, 4.69) is 25.1 Å². The number of rotatable bonds is 7. The molecule has 0 aliphatic heterocycles. The molecule has 68 valence electrons. The quantitative estimate of drug-likeness (QED) is 0.415. The van der Waals surface area contributed by atoms with Gasteiger partial charge in [0.1, 0.15) is 0 Å². The lowest BCUT2D eigenvalue weighted by atomic mass is 10.1. The summed E-state index contributed by atoms with van der Waals surface area (Å²) in [5.74, 6) is 0. The molecule has 0 amide bonds. The molecule has 0 saturated carbocycles. The molecule has 0 atom stereocenters. The van der Waals surface area contributed by atoms with Crippen molar-refractivity contribution in [3.63, 3.8) is 0 Å². The van der Waals surface area contributed by atoms with Crippen LogP contribution in [-0.4, -0.2) is 0 Å². The summed E-state index contributed by atoms with van der Waals surface area (Å²) in [4.78, 5) is 0. The van der Waals surface area contributed by atoms with E-state index >= 15 is 0 Å². The average Bonchev–Trinajstić information content (AvgIpc) is 2.10. The maximum Gasteiger partial charge on any atom is 0.0621 e. The lowest BCUT2D eigenvalue weighted by Gasteiger charge is -1.96. The van der Waals surface area contributed by atoms with Gasteiger partial charge in [0.25, 0.3) is 0 Å². The van der Waals surface area contributed by atoms with Crippen molar-refractivity contribution < 1.29 is 0 Å². The first-order chi connectivity index (χ1) is 5.91. The van der Waals surface area contributed by atoms with Gasteiger partial charge in [0.2, 0.25) is 0 Å². The van der Waals surface area contributed by atoms with Gasteiger partial charge in [0, 0.05) is 6.42 Å². The second-order valence-corrected chi connectivity index (χ2v) is 3.03. The average molecular weight is 165 g/mol. The Morgan fingerprint density at radius 1 is 1.08 bits per heavy atom. The van der Waals surface area contributed by atoms with Crippen molar-refractivity contribution in [2.45, 2.75) is 51.9 Å². The van der Waals surface area contributed by atoms with E-state index in [0.29, 0.717) is 0 Å². The molecule has 0 aromatic heterocycles. The first-order valence-corrected chi connectivity index (χ1v) is 4.90. The molecule has 0 aromatic carbocycles. The van der Waals surface area contributed by atoms with Crippen LogP contribution >= 0.6 is 0 Å². The molecule has 0 radical (unpaired) electrons. The third-order valence-corrected chi connectivity index (χ3v) is 1.90. The van der Waals surface area contributed by atoms with Crippen LogP contribution in [-0.2, 0) is 0 Å². The van der Waals surface area contributed by atoms with Crippen molar-refractivity contribution in [1.29, 1.82) is 5.26 Å². The molecular weight excluding hydrogens is 146 g/mol. The zero-order valence-electron chi connectivity index (χ0n) is 8.05. The molecule has 0 heterocycles. The Morgan fingerprint density at radius 2 is 1.75 bits per heavy atom. The number of unbranched alkanes of at least 4 members (excludes halogenated alkanes) is 6. The Kier molecular flexibility index (Phi) is 9.57. The minimum atomic E-state index is 0.731. The second kappa shape index (κ2) is 10.2. The van der Waals surface area contributed by atoms with Crippen molar-refractivity contribution in [1.82, 2.24) is 0 Å². The fourth-order valence-electron chi connectivity index (χ4n) is 1.16. The third kappa shape index (κ3) is 9.23. The zero-order chi connectivity index (χ0) is 9.07. The summed E-state index contributed by atoms with van der Waals surface area (Å²) in [5, 5.41) is 8.28. The van der Waals surface area contributed by atoms with E-state index < -0.39 is 0 Å². The number of nitriles is 1. The van der Waals surface area contributed by atoms with Gasteiger partial charge in [-0.2, -0.15) is 5.26 Å². The maximum absolute atomic E-state index is 8.28. The standard InChI is InChI=1S/C11H19N/c1-2-3-4-5-6-7-8-9-10-11-12/h2-3H,4-10H2,1H3/b3-2+. The SMILES string of the molecule is C/C=C/CCCCCCCC#N. The molecule has 0 spiro atoms. The highest BCUT2D eigenvalue weighted by atomic mass is 14.2. The van der Waals surface area contributed by atoms with Crippen molar-refractivity contribution in [3.8, 4) is 6.07 Å². The highest BCUT2D eigenvalue weighted by Gasteiger charge is 1.88. The van der Waals surface area contributed by atoms with Gasteiger partial charge >= 0.3 is 0 Å². The summed E-state index contributed by atoms with van der Waals surface area (Å²) in [6.07, 6.45) is 12.5. The molecule has 0 bridgehead atoms. The molecule has 0 saturated heterocycles. The third-order valence-electron chi connectivity index (χ3n) is 1.90. The van der Waals surface area contributed by atoms with Crippen LogP contribution in [0.1, 0.15) is 51.9 Å². The van der Waals surface area contributed by atoms with Gasteiger partial charge in [-0.25, -0.2) is 0 Å². The van der Waals surface area contributed by atoms with Gasteiger partial charge < -0.3 is 0 Å². The van der Waals surface area contributed by atoms with E-state index in [1.54, 1.807) is 0 Å². The van der Waals surface area contributed by atoms with Crippen LogP contribution in [0.5, 0.6) is 0 Å². The van der Waals surface area contributed by atoms with Crippen LogP contribution in [0.4, 0.5) is 0 Å². The predicted molar refractivity (Wildman–Crippen MR) is 52.7 cm³/mol. The molecule has 1 nitrogen and oxygen atoms in total. The zero-order valence-corrected chi connectivity index (χ0v) is 8.05. The van der Waals surface area contributed by atoms with E-state index in [4.69, 9.17) is 5.26 Å². The van der Waals surface area contributed by atoms with E-state index in [1.807, 2.05) is 0 Å². The van der Waals surface area contributed by atoms with Crippen molar-refractivity contribution in [2.75, 3.05) is 0 Å². The topological polar surface area (TPSA) is 23.8 Å². The van der Waals surface area contributed by atoms with Crippen molar-refractivity contribution >= 4 is 0 Å². The molecular formula is C11H19N. The van der Waals surface area contributed by atoms with E-state index in [-0.39, 0.29) is 0 Å².